The topological polar surface area (TPSA) is 46.5 Å². The van der Waals surface area contributed by atoms with Crippen LogP contribution in [-0.4, -0.2) is 23.3 Å². The highest BCUT2D eigenvalue weighted by Gasteiger charge is 2.42. The summed E-state index contributed by atoms with van der Waals surface area (Å²) in [6, 6.07) is 10.2. The second-order valence-corrected chi connectivity index (χ2v) is 6.27. The van der Waals surface area contributed by atoms with E-state index in [9.17, 15) is 9.90 Å². The molecule has 19 heavy (non-hydrogen) atoms. The molecule has 104 valence electrons. The van der Waals surface area contributed by atoms with Gasteiger partial charge in [0.15, 0.2) is 0 Å². The number of hydrogen-bond donors (Lipinski definition) is 1. The maximum Gasteiger partial charge on any atom is 0.303 e. The summed E-state index contributed by atoms with van der Waals surface area (Å²) in [7, 11) is 0. The molecule has 1 aromatic carbocycles. The molecule has 0 radical (unpaired) electrons. The van der Waals surface area contributed by atoms with E-state index >= 15 is 0 Å². The molecule has 1 atom stereocenters. The highest BCUT2D eigenvalue weighted by molar-refractivity contribution is 5.67. The highest BCUT2D eigenvalue weighted by atomic mass is 16.5. The zero-order chi connectivity index (χ0) is 13.9. The number of rotatable bonds is 4. The quantitative estimate of drug-likeness (QED) is 0.905. The maximum atomic E-state index is 11.2. The molecule has 3 nitrogen and oxygen atoms in total. The number of carbonyl (C=O) groups is 1. The molecule has 3 heteroatoms. The van der Waals surface area contributed by atoms with Gasteiger partial charge in [-0.3, -0.25) is 4.79 Å². The molecule has 0 aromatic heterocycles. The Hall–Kier alpha value is -1.35. The number of ether oxygens (including phenoxy) is 1. The molecular weight excluding hydrogens is 240 g/mol. The van der Waals surface area contributed by atoms with Crippen molar-refractivity contribution in [3.8, 4) is 0 Å². The zero-order valence-electron chi connectivity index (χ0n) is 11.7. The fraction of sp³-hybridized carbons (Fsp3) is 0.562. The Bertz CT molecular complexity index is 439. The van der Waals surface area contributed by atoms with E-state index in [4.69, 9.17) is 4.74 Å². The van der Waals surface area contributed by atoms with Gasteiger partial charge in [0, 0.05) is 6.61 Å². The van der Waals surface area contributed by atoms with Gasteiger partial charge in [0.05, 0.1) is 12.0 Å². The lowest BCUT2D eigenvalue weighted by molar-refractivity contribution is -0.147. The Labute approximate surface area is 114 Å². The molecule has 1 fully saturated rings. The van der Waals surface area contributed by atoms with E-state index in [2.05, 4.69) is 12.1 Å². The molecule has 2 rings (SSSR count). The summed E-state index contributed by atoms with van der Waals surface area (Å²) in [6.07, 6.45) is 2.64. The molecule has 0 saturated carbocycles. The van der Waals surface area contributed by atoms with Crippen molar-refractivity contribution in [2.45, 2.75) is 45.1 Å². The summed E-state index contributed by atoms with van der Waals surface area (Å²) in [5, 5.41) is 9.24. The molecule has 1 aliphatic rings. The molecule has 1 heterocycles. The number of carboxylic acid groups (broad SMARTS) is 1. The van der Waals surface area contributed by atoms with Crippen molar-refractivity contribution in [3.05, 3.63) is 35.9 Å². The predicted molar refractivity (Wildman–Crippen MR) is 74.1 cm³/mol. The van der Waals surface area contributed by atoms with E-state index in [-0.39, 0.29) is 17.4 Å². The molecule has 0 amide bonds. The smallest absolute Gasteiger partial charge is 0.303 e. The van der Waals surface area contributed by atoms with Crippen LogP contribution >= 0.6 is 0 Å². The highest BCUT2D eigenvalue weighted by Crippen LogP contribution is 2.43. The van der Waals surface area contributed by atoms with Crippen LogP contribution in [0.3, 0.4) is 0 Å². The normalized spacial score (nSPS) is 26.0. The number of hydrogen-bond acceptors (Lipinski definition) is 2. The van der Waals surface area contributed by atoms with Gasteiger partial charge in [-0.15, -0.1) is 0 Å². The van der Waals surface area contributed by atoms with Crippen molar-refractivity contribution < 1.29 is 14.6 Å². The van der Waals surface area contributed by atoms with Crippen LogP contribution in [0.15, 0.2) is 30.3 Å². The Morgan fingerprint density at radius 1 is 1.32 bits per heavy atom. The predicted octanol–water partition coefficient (Wildman–Crippen LogP) is 3.28. The van der Waals surface area contributed by atoms with E-state index in [1.807, 2.05) is 32.0 Å². The summed E-state index contributed by atoms with van der Waals surface area (Å²) in [5.41, 5.74) is 0.790. The van der Waals surface area contributed by atoms with E-state index < -0.39 is 5.97 Å². The van der Waals surface area contributed by atoms with E-state index in [0.717, 1.165) is 19.3 Å². The van der Waals surface area contributed by atoms with Crippen molar-refractivity contribution in [3.63, 3.8) is 0 Å². The fourth-order valence-electron chi connectivity index (χ4n) is 3.30. The summed E-state index contributed by atoms with van der Waals surface area (Å²) < 4.78 is 5.75. The van der Waals surface area contributed by atoms with Crippen LogP contribution in [0, 0.1) is 5.41 Å². The third-order valence-corrected chi connectivity index (χ3v) is 3.87. The van der Waals surface area contributed by atoms with E-state index in [1.54, 1.807) is 0 Å². The van der Waals surface area contributed by atoms with Gasteiger partial charge in [0.25, 0.3) is 0 Å². The average molecular weight is 262 g/mol. The lowest BCUT2D eigenvalue weighted by atomic mass is 9.68. The minimum Gasteiger partial charge on any atom is -0.481 e. The largest absolute Gasteiger partial charge is 0.481 e. The summed E-state index contributed by atoms with van der Waals surface area (Å²) in [5.74, 6) is -0.714. The lowest BCUT2D eigenvalue weighted by Crippen LogP contribution is -2.43. The Kier molecular flexibility index (Phi) is 3.95. The minimum absolute atomic E-state index is 0.186. The molecule has 1 saturated heterocycles. The second-order valence-electron chi connectivity index (χ2n) is 6.27. The third kappa shape index (κ3) is 3.80. The number of benzene rings is 1. The SMILES string of the molecule is CC1(C)CC(CC(=O)O)(Cc2ccccc2)CCO1. The molecule has 0 spiro atoms. The summed E-state index contributed by atoms with van der Waals surface area (Å²) in [4.78, 5) is 11.2. The van der Waals surface area contributed by atoms with Crippen LogP contribution in [0.4, 0.5) is 0 Å². The molecule has 1 aromatic rings. The van der Waals surface area contributed by atoms with Gasteiger partial charge in [0.2, 0.25) is 0 Å². The summed E-state index contributed by atoms with van der Waals surface area (Å²) >= 11 is 0. The summed E-state index contributed by atoms with van der Waals surface area (Å²) in [6.45, 7) is 4.74. The molecule has 1 N–H and O–H groups in total. The average Bonchev–Trinajstić information content (AvgIpc) is 2.27. The first-order chi connectivity index (χ1) is 8.91. The van der Waals surface area contributed by atoms with Crippen LogP contribution in [-0.2, 0) is 16.0 Å². The van der Waals surface area contributed by atoms with E-state index in [0.29, 0.717) is 6.61 Å². The number of aliphatic carboxylic acids is 1. The van der Waals surface area contributed by atoms with Gasteiger partial charge in [-0.05, 0) is 44.1 Å². The molecular formula is C16H22O3. The van der Waals surface area contributed by atoms with Gasteiger partial charge in [0.1, 0.15) is 0 Å². The Morgan fingerprint density at radius 2 is 2.00 bits per heavy atom. The lowest BCUT2D eigenvalue weighted by Gasteiger charge is -2.44. The fourth-order valence-corrected chi connectivity index (χ4v) is 3.30. The molecule has 0 bridgehead atoms. The van der Waals surface area contributed by atoms with Crippen LogP contribution in [0.5, 0.6) is 0 Å². The Balaban J connectivity index is 2.22. The van der Waals surface area contributed by atoms with Crippen molar-refractivity contribution in [2.75, 3.05) is 6.61 Å². The monoisotopic (exact) mass is 262 g/mol. The zero-order valence-corrected chi connectivity index (χ0v) is 11.7. The third-order valence-electron chi connectivity index (χ3n) is 3.87. The van der Waals surface area contributed by atoms with Gasteiger partial charge in [-0.1, -0.05) is 30.3 Å². The first kappa shape index (κ1) is 14.1. The first-order valence-corrected chi connectivity index (χ1v) is 6.81. The van der Waals surface area contributed by atoms with Crippen molar-refractivity contribution in [2.24, 2.45) is 5.41 Å². The molecule has 1 aliphatic heterocycles. The van der Waals surface area contributed by atoms with Crippen molar-refractivity contribution in [1.29, 1.82) is 0 Å². The van der Waals surface area contributed by atoms with Gasteiger partial charge in [-0.2, -0.15) is 0 Å². The molecule has 1 unspecified atom stereocenters. The van der Waals surface area contributed by atoms with E-state index in [1.165, 1.54) is 5.56 Å². The van der Waals surface area contributed by atoms with Crippen molar-refractivity contribution >= 4 is 5.97 Å². The Morgan fingerprint density at radius 3 is 2.58 bits per heavy atom. The second kappa shape index (κ2) is 5.33. The van der Waals surface area contributed by atoms with Gasteiger partial charge < -0.3 is 9.84 Å². The van der Waals surface area contributed by atoms with Crippen LogP contribution < -0.4 is 0 Å². The molecule has 0 aliphatic carbocycles. The standard InChI is InChI=1S/C16H22O3/c1-15(2)12-16(8-9-19-15,11-14(17)18)10-13-6-4-3-5-7-13/h3-7H,8-12H2,1-2H3,(H,17,18). The minimum atomic E-state index is -0.714. The van der Waals surface area contributed by atoms with Gasteiger partial charge >= 0.3 is 5.97 Å². The van der Waals surface area contributed by atoms with Gasteiger partial charge in [-0.25, -0.2) is 0 Å². The van der Waals surface area contributed by atoms with Crippen LogP contribution in [0.2, 0.25) is 0 Å². The van der Waals surface area contributed by atoms with Crippen LogP contribution in [0.25, 0.3) is 0 Å². The maximum absolute atomic E-state index is 11.2. The first-order valence-electron chi connectivity index (χ1n) is 6.81. The number of carboxylic acids is 1. The van der Waals surface area contributed by atoms with Crippen LogP contribution in [0.1, 0.15) is 38.7 Å². The van der Waals surface area contributed by atoms with Crippen molar-refractivity contribution in [1.82, 2.24) is 0 Å².